The summed E-state index contributed by atoms with van der Waals surface area (Å²) in [5.41, 5.74) is 0. The third-order valence-corrected chi connectivity index (χ3v) is 0. The minimum atomic E-state index is -5.39. The molecule has 0 aromatic heterocycles. The maximum atomic E-state index is 8.55. The smallest absolute Gasteiger partial charge is 0.822 e. The molecule has 0 aromatic carbocycles. The molecule has 0 saturated carbocycles. The largest absolute Gasteiger partial charge is 4.00 e. The normalized spacial score (nSPS) is 8.43. The Kier molecular flexibility index (Phi) is 12.1. The van der Waals surface area contributed by atoms with Gasteiger partial charge in [0.2, 0.25) is 0 Å². The zero-order valence-corrected chi connectivity index (χ0v) is 6.57. The first-order chi connectivity index (χ1) is 2.00. The number of phosphoric acid groups is 1. The Bertz CT molecular complexity index is 57.8. The molecule has 0 saturated heterocycles. The van der Waals surface area contributed by atoms with Crippen molar-refractivity contribution in [2.24, 2.45) is 0 Å². The summed E-state index contributed by atoms with van der Waals surface area (Å²) in [6.07, 6.45) is 0. The van der Waals surface area contributed by atoms with Gasteiger partial charge in [-0.15, -0.1) is 0 Å². The fraction of sp³-hybridized carbons (Fsp3) is 0. The first-order valence-corrected chi connectivity index (χ1v) is 2.19. The summed E-state index contributed by atoms with van der Waals surface area (Å²) in [5, 5.41) is 0. The molecule has 0 unspecified atom stereocenters. The van der Waals surface area contributed by atoms with Crippen LogP contribution in [-0.2, 0) is 4.57 Å². The van der Waals surface area contributed by atoms with Crippen LogP contribution in [-0.4, -0.2) is 17.6 Å². The molecule has 0 radical (unpaired) electrons. The van der Waals surface area contributed by atoms with Crippen molar-refractivity contribution in [1.29, 1.82) is 0 Å². The molecule has 0 atom stereocenters. The molecule has 32 valence electrons. The molecule has 0 spiro atoms. The van der Waals surface area contributed by atoms with Gasteiger partial charge in [0.1, 0.15) is 0 Å². The summed E-state index contributed by atoms with van der Waals surface area (Å²) in [6.45, 7) is 0. The Morgan fingerprint density at radius 2 is 1.14 bits per heavy atom. The van der Waals surface area contributed by atoms with Crippen molar-refractivity contribution in [3.63, 3.8) is 0 Å². The number of hydrogen-bond donors (Lipinski definition) is 0. The monoisotopic (exact) mass is 176 g/mol. The molecule has 4 nitrogen and oxygen atoms in total. The maximum absolute atomic E-state index is 8.55. The molecule has 0 aliphatic rings. The molecule has 0 amide bonds. The molecule has 0 bridgehead atoms. The Morgan fingerprint density at radius 1 is 1.14 bits per heavy atom. The molecule has 7 heavy (non-hydrogen) atoms. The van der Waals surface area contributed by atoms with Gasteiger partial charge in [0.25, 0.3) is 0 Å². The van der Waals surface area contributed by atoms with Crippen LogP contribution in [0.2, 0.25) is 0 Å². The number of rotatable bonds is 0. The molecule has 0 aliphatic carbocycles. The summed E-state index contributed by atoms with van der Waals surface area (Å²) in [5.74, 6) is 0. The van der Waals surface area contributed by atoms with Crippen LogP contribution in [0.1, 0.15) is 0 Å². The first-order valence-electron chi connectivity index (χ1n) is 0.730. The SMILES string of the molecule is O=P([O-])([O-])[O-].[Ge+4].[Li+]. The second kappa shape index (κ2) is 5.39. The van der Waals surface area contributed by atoms with Crippen molar-refractivity contribution in [3.8, 4) is 0 Å². The molecule has 0 aliphatic heterocycles. The molecular weight excluding hydrogens is 175 g/mol. The summed E-state index contributed by atoms with van der Waals surface area (Å²) >= 11 is 0. The van der Waals surface area contributed by atoms with E-state index < -0.39 is 7.82 Å². The van der Waals surface area contributed by atoms with E-state index in [9.17, 15) is 0 Å². The quantitative estimate of drug-likeness (QED) is 0.270. The molecule has 0 heterocycles. The van der Waals surface area contributed by atoms with E-state index in [0.29, 0.717) is 0 Å². The van der Waals surface area contributed by atoms with Crippen molar-refractivity contribution in [2.45, 2.75) is 0 Å². The topological polar surface area (TPSA) is 86.2 Å². The Morgan fingerprint density at radius 3 is 1.14 bits per heavy atom. The molecule has 0 rings (SSSR count). The van der Waals surface area contributed by atoms with Crippen LogP contribution in [0.4, 0.5) is 0 Å². The van der Waals surface area contributed by atoms with Crippen molar-refractivity contribution < 1.29 is 38.1 Å². The summed E-state index contributed by atoms with van der Waals surface area (Å²) in [6, 6.07) is 0. The maximum Gasteiger partial charge on any atom is 4.00 e. The fourth-order valence-corrected chi connectivity index (χ4v) is 0. The Labute approximate surface area is 63.7 Å². The minimum Gasteiger partial charge on any atom is -0.822 e. The van der Waals surface area contributed by atoms with Gasteiger partial charge in [-0.3, -0.25) is 0 Å². The second-order valence-corrected chi connectivity index (χ2v) is 1.34. The van der Waals surface area contributed by atoms with Gasteiger partial charge in [-0.05, 0) is 0 Å². The van der Waals surface area contributed by atoms with Gasteiger partial charge in [-0.25, -0.2) is 0 Å². The van der Waals surface area contributed by atoms with E-state index in [1.165, 1.54) is 0 Å². The third-order valence-electron chi connectivity index (χ3n) is 0. The van der Waals surface area contributed by atoms with Crippen molar-refractivity contribution in [1.82, 2.24) is 0 Å². The van der Waals surface area contributed by atoms with E-state index in [0.717, 1.165) is 0 Å². The molecule has 7 heteroatoms. The predicted molar refractivity (Wildman–Crippen MR) is 13.4 cm³/mol. The van der Waals surface area contributed by atoms with Crippen LogP contribution in [0.3, 0.4) is 0 Å². The van der Waals surface area contributed by atoms with Gasteiger partial charge in [0, 0.05) is 0 Å². The van der Waals surface area contributed by atoms with Crippen LogP contribution in [0.25, 0.3) is 0 Å². The third kappa shape index (κ3) is 128. The van der Waals surface area contributed by atoms with Gasteiger partial charge in [0.05, 0.1) is 0 Å². The Balaban J connectivity index is -0.0000000800. The first kappa shape index (κ1) is 15.7. The number of hydrogen-bond acceptors (Lipinski definition) is 4. The zero-order valence-electron chi connectivity index (χ0n) is 3.58. The van der Waals surface area contributed by atoms with E-state index in [4.69, 9.17) is 19.2 Å². The molecule has 0 aromatic rings. The van der Waals surface area contributed by atoms with Crippen LogP contribution in [0, 0.1) is 0 Å². The van der Waals surface area contributed by atoms with E-state index in [1.54, 1.807) is 0 Å². The standard InChI is InChI=1S/Ge.Li.H3O4P/c;;1-5(2,3)4/h;;(H3,1,2,3,4)/q+4;+1;/p-3. The van der Waals surface area contributed by atoms with Gasteiger partial charge in [-0.1, -0.05) is 0 Å². The van der Waals surface area contributed by atoms with Crippen molar-refractivity contribution >= 4 is 25.4 Å². The molecular formula is GeLiO4P+2. The van der Waals surface area contributed by atoms with Gasteiger partial charge >= 0.3 is 36.5 Å². The van der Waals surface area contributed by atoms with Crippen LogP contribution in [0.5, 0.6) is 0 Å². The fourth-order valence-electron chi connectivity index (χ4n) is 0. The van der Waals surface area contributed by atoms with Crippen molar-refractivity contribution in [2.75, 3.05) is 0 Å². The van der Waals surface area contributed by atoms with Gasteiger partial charge in [-0.2, -0.15) is 7.82 Å². The average molecular weight is 175 g/mol. The summed E-state index contributed by atoms with van der Waals surface area (Å²) in [7, 11) is -5.39. The van der Waals surface area contributed by atoms with Crippen molar-refractivity contribution in [3.05, 3.63) is 0 Å². The average Bonchev–Trinajstić information content (AvgIpc) is 0.722. The zero-order chi connectivity index (χ0) is 4.50. The second-order valence-electron chi connectivity index (χ2n) is 0.447. The van der Waals surface area contributed by atoms with Crippen LogP contribution < -0.4 is 33.5 Å². The van der Waals surface area contributed by atoms with Gasteiger partial charge < -0.3 is 19.2 Å². The summed E-state index contributed by atoms with van der Waals surface area (Å²) in [4.78, 5) is 25.6. The van der Waals surface area contributed by atoms with Gasteiger partial charge in [0.15, 0.2) is 0 Å². The van der Waals surface area contributed by atoms with Crippen LogP contribution >= 0.6 is 7.82 Å². The summed E-state index contributed by atoms with van der Waals surface area (Å²) < 4.78 is 8.55. The molecule has 0 N–H and O–H groups in total. The molecule has 0 fully saturated rings. The predicted octanol–water partition coefficient (Wildman–Crippen LogP) is -6.20. The van der Waals surface area contributed by atoms with Crippen LogP contribution in [0.15, 0.2) is 0 Å². The van der Waals surface area contributed by atoms with E-state index >= 15 is 0 Å². The minimum absolute atomic E-state index is 0. The van der Waals surface area contributed by atoms with E-state index in [-0.39, 0.29) is 36.5 Å². The Hall–Kier alpha value is 1.25. The van der Waals surface area contributed by atoms with E-state index in [1.807, 2.05) is 0 Å². The van der Waals surface area contributed by atoms with E-state index in [2.05, 4.69) is 0 Å².